The van der Waals surface area contributed by atoms with Crippen LogP contribution in [0.15, 0.2) is 35.5 Å². The number of benzene rings is 1. The van der Waals surface area contributed by atoms with Crippen LogP contribution in [0, 0.1) is 13.8 Å². The van der Waals surface area contributed by atoms with E-state index in [9.17, 15) is 9.59 Å². The Kier molecular flexibility index (Phi) is 5.26. The lowest BCUT2D eigenvalue weighted by Crippen LogP contribution is -2.19. The zero-order valence-corrected chi connectivity index (χ0v) is 15.9. The Morgan fingerprint density at radius 1 is 1.22 bits per heavy atom. The molecule has 0 bridgehead atoms. The number of carbonyl (C=O) groups is 2. The van der Waals surface area contributed by atoms with Crippen molar-refractivity contribution in [2.75, 3.05) is 16.9 Å². The molecule has 0 radical (unpaired) electrons. The molecule has 0 aliphatic rings. The van der Waals surface area contributed by atoms with E-state index in [4.69, 9.17) is 5.84 Å². The molecule has 0 saturated carbocycles. The molecule has 1 amide bonds. The standard InChI is InChI=1S/C17H19N7O2S/c1-10-8-11(2)24(22-10)16-20-21-17(23(16)18)27-9-15(26)19-14-7-5-4-6-13(14)12(3)25/h4-8H,9,18H2,1-3H3,(H,19,26). The number of amides is 1. The summed E-state index contributed by atoms with van der Waals surface area (Å²) in [4.78, 5) is 23.9. The van der Waals surface area contributed by atoms with Gasteiger partial charge in [0.05, 0.1) is 17.1 Å². The molecule has 0 fully saturated rings. The average molecular weight is 385 g/mol. The molecule has 10 heteroatoms. The van der Waals surface area contributed by atoms with Crippen molar-refractivity contribution in [1.82, 2.24) is 24.7 Å². The van der Waals surface area contributed by atoms with E-state index in [1.165, 1.54) is 11.6 Å². The first-order chi connectivity index (χ1) is 12.9. The summed E-state index contributed by atoms with van der Waals surface area (Å²) in [6.07, 6.45) is 0. The highest BCUT2D eigenvalue weighted by Crippen LogP contribution is 2.19. The molecular weight excluding hydrogens is 366 g/mol. The number of anilines is 1. The maximum absolute atomic E-state index is 12.2. The second kappa shape index (κ2) is 7.62. The summed E-state index contributed by atoms with van der Waals surface area (Å²) in [6, 6.07) is 8.76. The molecule has 2 aromatic heterocycles. The molecule has 0 aliphatic heterocycles. The fraction of sp³-hybridized carbons (Fsp3) is 0.235. The number of aromatic nitrogens is 5. The van der Waals surface area contributed by atoms with E-state index in [1.54, 1.807) is 28.9 Å². The molecule has 27 heavy (non-hydrogen) atoms. The molecule has 3 rings (SSSR count). The van der Waals surface area contributed by atoms with E-state index in [-0.39, 0.29) is 17.4 Å². The summed E-state index contributed by atoms with van der Waals surface area (Å²) in [5.74, 6) is 6.09. The molecule has 9 nitrogen and oxygen atoms in total. The van der Waals surface area contributed by atoms with Crippen LogP contribution >= 0.6 is 11.8 Å². The summed E-state index contributed by atoms with van der Waals surface area (Å²) in [6.45, 7) is 5.22. The predicted octanol–water partition coefficient (Wildman–Crippen LogP) is 1.73. The van der Waals surface area contributed by atoms with Gasteiger partial charge in [-0.15, -0.1) is 10.2 Å². The number of nitrogen functional groups attached to an aromatic ring is 1. The van der Waals surface area contributed by atoms with Crippen LogP contribution in [0.3, 0.4) is 0 Å². The van der Waals surface area contributed by atoms with Gasteiger partial charge >= 0.3 is 0 Å². The van der Waals surface area contributed by atoms with Gasteiger partial charge in [-0.05, 0) is 39.0 Å². The number of nitrogens with one attached hydrogen (secondary N) is 1. The lowest BCUT2D eigenvalue weighted by atomic mass is 10.1. The van der Waals surface area contributed by atoms with Gasteiger partial charge in [-0.3, -0.25) is 9.59 Å². The Hall–Kier alpha value is -3.14. The molecule has 140 valence electrons. The molecule has 3 aromatic rings. The number of aryl methyl sites for hydroxylation is 2. The number of hydrogen-bond acceptors (Lipinski definition) is 7. The minimum absolute atomic E-state index is 0.0681. The lowest BCUT2D eigenvalue weighted by Gasteiger charge is -2.08. The van der Waals surface area contributed by atoms with Crippen LogP contribution in [0.1, 0.15) is 28.7 Å². The van der Waals surface area contributed by atoms with Gasteiger partial charge < -0.3 is 11.2 Å². The van der Waals surface area contributed by atoms with E-state index in [0.29, 0.717) is 22.4 Å². The van der Waals surface area contributed by atoms with E-state index in [2.05, 4.69) is 20.6 Å². The SMILES string of the molecule is CC(=O)c1ccccc1NC(=O)CSc1nnc(-n2nc(C)cc2C)n1N. The van der Waals surface area contributed by atoms with Crippen molar-refractivity contribution < 1.29 is 9.59 Å². The van der Waals surface area contributed by atoms with Gasteiger partial charge in [-0.25, -0.2) is 9.36 Å². The number of carbonyl (C=O) groups excluding carboxylic acids is 2. The van der Waals surface area contributed by atoms with Gasteiger partial charge in [0.15, 0.2) is 5.78 Å². The van der Waals surface area contributed by atoms with E-state index in [1.807, 2.05) is 19.9 Å². The third kappa shape index (κ3) is 4.00. The fourth-order valence-electron chi connectivity index (χ4n) is 2.56. The quantitative estimate of drug-likeness (QED) is 0.376. The van der Waals surface area contributed by atoms with Crippen LogP contribution in [-0.4, -0.2) is 42.1 Å². The van der Waals surface area contributed by atoms with Crippen LogP contribution in [0.2, 0.25) is 0 Å². The highest BCUT2D eigenvalue weighted by atomic mass is 32.2. The average Bonchev–Trinajstić information content (AvgIpc) is 3.14. The predicted molar refractivity (Wildman–Crippen MR) is 103 cm³/mol. The molecule has 0 spiro atoms. The van der Waals surface area contributed by atoms with Crippen molar-refractivity contribution in [3.05, 3.63) is 47.3 Å². The van der Waals surface area contributed by atoms with Crippen molar-refractivity contribution in [3.63, 3.8) is 0 Å². The first-order valence-electron chi connectivity index (χ1n) is 8.13. The number of thioether (sulfide) groups is 1. The summed E-state index contributed by atoms with van der Waals surface area (Å²) in [5, 5.41) is 15.5. The Balaban J connectivity index is 1.68. The van der Waals surface area contributed by atoms with Crippen LogP contribution in [0.5, 0.6) is 0 Å². The zero-order valence-electron chi connectivity index (χ0n) is 15.1. The summed E-state index contributed by atoms with van der Waals surface area (Å²) < 4.78 is 2.89. The van der Waals surface area contributed by atoms with Crippen molar-refractivity contribution in [2.24, 2.45) is 0 Å². The monoisotopic (exact) mass is 385 g/mol. The Morgan fingerprint density at radius 2 is 1.96 bits per heavy atom. The molecule has 3 N–H and O–H groups in total. The van der Waals surface area contributed by atoms with Gasteiger partial charge in [0, 0.05) is 11.3 Å². The molecular formula is C17H19N7O2S. The first kappa shape index (κ1) is 18.6. The third-order valence-corrected chi connectivity index (χ3v) is 4.70. The highest BCUT2D eigenvalue weighted by molar-refractivity contribution is 7.99. The van der Waals surface area contributed by atoms with E-state index < -0.39 is 0 Å². The van der Waals surface area contributed by atoms with Crippen LogP contribution < -0.4 is 11.2 Å². The number of rotatable bonds is 6. The van der Waals surface area contributed by atoms with Crippen LogP contribution in [0.25, 0.3) is 5.95 Å². The maximum Gasteiger partial charge on any atom is 0.271 e. The van der Waals surface area contributed by atoms with Crippen molar-refractivity contribution >= 4 is 29.1 Å². The number of nitrogens with two attached hydrogens (primary N) is 1. The molecule has 1 aromatic carbocycles. The summed E-state index contributed by atoms with van der Waals surface area (Å²) in [7, 11) is 0. The fourth-order valence-corrected chi connectivity index (χ4v) is 3.21. The smallest absolute Gasteiger partial charge is 0.271 e. The minimum Gasteiger partial charge on any atom is -0.334 e. The number of Topliss-reactive ketones (excluding diaryl/α,β-unsaturated/α-hetero) is 1. The molecule has 2 heterocycles. The normalized spacial score (nSPS) is 10.8. The van der Waals surface area contributed by atoms with Crippen LogP contribution in [-0.2, 0) is 4.79 Å². The van der Waals surface area contributed by atoms with Crippen molar-refractivity contribution in [3.8, 4) is 5.95 Å². The summed E-state index contributed by atoms with van der Waals surface area (Å²) in [5.41, 5.74) is 2.66. The van der Waals surface area contributed by atoms with Crippen molar-refractivity contribution in [2.45, 2.75) is 25.9 Å². The lowest BCUT2D eigenvalue weighted by molar-refractivity contribution is -0.113. The van der Waals surface area contributed by atoms with Gasteiger partial charge in [0.2, 0.25) is 11.1 Å². The first-order valence-corrected chi connectivity index (χ1v) is 9.12. The zero-order chi connectivity index (χ0) is 19.6. The minimum atomic E-state index is -0.274. The van der Waals surface area contributed by atoms with Gasteiger partial charge in [0.25, 0.3) is 5.95 Å². The second-order valence-corrected chi connectivity index (χ2v) is 6.87. The van der Waals surface area contributed by atoms with Gasteiger partial charge in [-0.1, -0.05) is 23.9 Å². The highest BCUT2D eigenvalue weighted by Gasteiger charge is 2.16. The van der Waals surface area contributed by atoms with E-state index >= 15 is 0 Å². The maximum atomic E-state index is 12.2. The van der Waals surface area contributed by atoms with Crippen molar-refractivity contribution in [1.29, 1.82) is 0 Å². The molecule has 0 unspecified atom stereocenters. The number of para-hydroxylation sites is 1. The molecule has 0 aliphatic carbocycles. The Labute approximate surface area is 159 Å². The molecule has 0 saturated heterocycles. The Bertz CT molecular complexity index is 1010. The third-order valence-electron chi connectivity index (χ3n) is 3.76. The number of nitrogens with zero attached hydrogens (tertiary/aromatic N) is 5. The largest absolute Gasteiger partial charge is 0.334 e. The second-order valence-electron chi connectivity index (χ2n) is 5.93. The van der Waals surface area contributed by atoms with E-state index in [0.717, 1.165) is 23.1 Å². The topological polar surface area (TPSA) is 121 Å². The summed E-state index contributed by atoms with van der Waals surface area (Å²) >= 11 is 1.14. The number of hydrogen-bond donors (Lipinski definition) is 2. The van der Waals surface area contributed by atoms with Gasteiger partial charge in [-0.2, -0.15) is 5.10 Å². The van der Waals surface area contributed by atoms with Gasteiger partial charge in [0.1, 0.15) is 0 Å². The number of ketones is 1. The molecule has 0 atom stereocenters. The van der Waals surface area contributed by atoms with Crippen LogP contribution in [0.4, 0.5) is 5.69 Å². The Morgan fingerprint density at radius 3 is 2.63 bits per heavy atom.